The summed E-state index contributed by atoms with van der Waals surface area (Å²) in [7, 11) is 1.46. The van der Waals surface area contributed by atoms with Crippen LogP contribution in [0.5, 0.6) is 11.5 Å². The number of fused-ring (bicyclic) bond motifs is 1. The Bertz CT molecular complexity index is 897. The molecule has 0 radical (unpaired) electrons. The van der Waals surface area contributed by atoms with Crippen molar-refractivity contribution in [3.63, 3.8) is 0 Å². The molecule has 0 aliphatic heterocycles. The molecular weight excluding hydrogens is 316 g/mol. The summed E-state index contributed by atoms with van der Waals surface area (Å²) >= 11 is 1.45. The van der Waals surface area contributed by atoms with Crippen molar-refractivity contribution in [3.05, 3.63) is 46.7 Å². The summed E-state index contributed by atoms with van der Waals surface area (Å²) in [5.41, 5.74) is 3.95. The molecule has 1 aromatic carbocycles. The Morgan fingerprint density at radius 2 is 2.35 bits per heavy atom. The Balaban J connectivity index is 1.79. The molecule has 0 bridgehead atoms. The minimum absolute atomic E-state index is 0.0336. The van der Waals surface area contributed by atoms with Crippen molar-refractivity contribution in [2.24, 2.45) is 5.10 Å². The van der Waals surface area contributed by atoms with Gasteiger partial charge in [0.2, 0.25) is 0 Å². The number of nitrogens with zero attached hydrogens (tertiary/aromatic N) is 3. The van der Waals surface area contributed by atoms with E-state index in [4.69, 9.17) is 4.74 Å². The van der Waals surface area contributed by atoms with Crippen molar-refractivity contribution >= 4 is 28.4 Å². The minimum atomic E-state index is -0.368. The van der Waals surface area contributed by atoms with Crippen molar-refractivity contribution in [2.75, 3.05) is 7.11 Å². The summed E-state index contributed by atoms with van der Waals surface area (Å²) in [6, 6.07) is 5.01. The van der Waals surface area contributed by atoms with E-state index >= 15 is 0 Å². The van der Waals surface area contributed by atoms with Crippen LogP contribution in [0.3, 0.4) is 0 Å². The molecule has 0 saturated heterocycles. The van der Waals surface area contributed by atoms with E-state index in [2.05, 4.69) is 15.5 Å². The Morgan fingerprint density at radius 1 is 1.52 bits per heavy atom. The van der Waals surface area contributed by atoms with Crippen LogP contribution in [0.25, 0.3) is 4.96 Å². The first-order valence-electron chi connectivity index (χ1n) is 6.73. The number of para-hydroxylation sites is 1. The van der Waals surface area contributed by atoms with Gasteiger partial charge in [-0.15, -0.1) is 11.3 Å². The standard InChI is InChI=1S/C15H14N4O3S/c1-9-12(19-6-7-23-15(19)17-9)14(21)18-16-8-10-4-3-5-11(22-2)13(10)20/h3-8,20H,1-2H3,(H,18,21)/b16-8+. The van der Waals surface area contributed by atoms with E-state index in [0.717, 1.165) is 4.96 Å². The van der Waals surface area contributed by atoms with E-state index in [1.54, 1.807) is 35.7 Å². The Labute approximate surface area is 135 Å². The molecule has 23 heavy (non-hydrogen) atoms. The van der Waals surface area contributed by atoms with Crippen LogP contribution in [0, 0.1) is 6.92 Å². The molecule has 1 amide bonds. The fourth-order valence-corrected chi connectivity index (χ4v) is 2.95. The van der Waals surface area contributed by atoms with Crippen LogP contribution in [-0.2, 0) is 0 Å². The molecule has 2 aromatic heterocycles. The number of aryl methyl sites for hydroxylation is 1. The van der Waals surface area contributed by atoms with Gasteiger partial charge in [-0.25, -0.2) is 10.4 Å². The molecule has 3 aromatic rings. The summed E-state index contributed by atoms with van der Waals surface area (Å²) in [6.45, 7) is 1.77. The third kappa shape index (κ3) is 2.76. The van der Waals surface area contributed by atoms with Crippen LogP contribution in [0.15, 0.2) is 34.9 Å². The highest BCUT2D eigenvalue weighted by Crippen LogP contribution is 2.27. The second kappa shape index (κ2) is 6.09. The summed E-state index contributed by atoms with van der Waals surface area (Å²) in [6.07, 6.45) is 3.14. The number of thiazole rings is 1. The first-order chi connectivity index (χ1) is 11.1. The van der Waals surface area contributed by atoms with E-state index in [9.17, 15) is 9.90 Å². The Hall–Kier alpha value is -2.87. The lowest BCUT2D eigenvalue weighted by Crippen LogP contribution is -2.20. The van der Waals surface area contributed by atoms with Crippen LogP contribution >= 0.6 is 11.3 Å². The molecule has 2 heterocycles. The monoisotopic (exact) mass is 330 g/mol. The van der Waals surface area contributed by atoms with E-state index < -0.39 is 0 Å². The lowest BCUT2D eigenvalue weighted by atomic mass is 10.2. The number of aromatic nitrogens is 2. The number of phenolic OH excluding ortho intramolecular Hbond substituents is 1. The van der Waals surface area contributed by atoms with Crippen molar-refractivity contribution < 1.29 is 14.6 Å². The normalized spacial score (nSPS) is 11.2. The van der Waals surface area contributed by atoms with Crippen molar-refractivity contribution in [1.29, 1.82) is 0 Å². The zero-order chi connectivity index (χ0) is 16.4. The maximum Gasteiger partial charge on any atom is 0.290 e. The van der Waals surface area contributed by atoms with Crippen LogP contribution in [0.4, 0.5) is 0 Å². The van der Waals surface area contributed by atoms with E-state index in [1.807, 2.05) is 5.38 Å². The van der Waals surface area contributed by atoms with Gasteiger partial charge in [0, 0.05) is 17.1 Å². The smallest absolute Gasteiger partial charge is 0.290 e. The van der Waals surface area contributed by atoms with Crippen LogP contribution in [0.2, 0.25) is 0 Å². The first-order valence-corrected chi connectivity index (χ1v) is 7.61. The molecule has 118 valence electrons. The average molecular weight is 330 g/mol. The van der Waals surface area contributed by atoms with Gasteiger partial charge < -0.3 is 9.84 Å². The lowest BCUT2D eigenvalue weighted by Gasteiger charge is -2.05. The molecule has 2 N–H and O–H groups in total. The number of phenols is 1. The maximum absolute atomic E-state index is 12.3. The summed E-state index contributed by atoms with van der Waals surface area (Å²) in [5.74, 6) is -0.0623. The second-order valence-electron chi connectivity index (χ2n) is 4.70. The molecule has 8 heteroatoms. The number of benzene rings is 1. The topological polar surface area (TPSA) is 88.2 Å². The molecule has 0 fully saturated rings. The fourth-order valence-electron chi connectivity index (χ4n) is 2.19. The SMILES string of the molecule is COc1cccc(/C=N/NC(=O)c2c(C)nc3sccn23)c1O. The van der Waals surface area contributed by atoms with Crippen LogP contribution in [0.1, 0.15) is 21.7 Å². The van der Waals surface area contributed by atoms with Gasteiger partial charge in [-0.05, 0) is 19.1 Å². The molecule has 7 nitrogen and oxygen atoms in total. The second-order valence-corrected chi connectivity index (χ2v) is 5.57. The number of carbonyl (C=O) groups is 1. The number of ether oxygens (including phenoxy) is 1. The predicted octanol–water partition coefficient (Wildman–Crippen LogP) is 2.18. The van der Waals surface area contributed by atoms with Gasteiger partial charge in [-0.2, -0.15) is 5.10 Å². The number of hydrazone groups is 1. The summed E-state index contributed by atoms with van der Waals surface area (Å²) < 4.78 is 6.73. The van der Waals surface area contributed by atoms with Gasteiger partial charge in [-0.3, -0.25) is 9.20 Å². The molecule has 0 unspecified atom stereocenters. The predicted molar refractivity (Wildman–Crippen MR) is 87.5 cm³/mol. The number of aromatic hydroxyl groups is 1. The molecule has 0 aliphatic carbocycles. The van der Waals surface area contributed by atoms with Gasteiger partial charge in [-0.1, -0.05) is 6.07 Å². The van der Waals surface area contributed by atoms with Crippen LogP contribution in [-0.4, -0.2) is 33.7 Å². The molecule has 3 rings (SSSR count). The lowest BCUT2D eigenvalue weighted by molar-refractivity contribution is 0.0948. The summed E-state index contributed by atoms with van der Waals surface area (Å²) in [5, 5.41) is 15.7. The highest BCUT2D eigenvalue weighted by atomic mass is 32.1. The first kappa shape index (κ1) is 15.0. The van der Waals surface area contributed by atoms with Gasteiger partial charge in [0.15, 0.2) is 16.5 Å². The third-order valence-electron chi connectivity index (χ3n) is 3.27. The van der Waals surface area contributed by atoms with Crippen molar-refractivity contribution in [2.45, 2.75) is 6.92 Å². The molecular formula is C15H14N4O3S. The van der Waals surface area contributed by atoms with E-state index in [0.29, 0.717) is 22.7 Å². The van der Waals surface area contributed by atoms with Crippen LogP contribution < -0.4 is 10.2 Å². The van der Waals surface area contributed by atoms with Crippen molar-refractivity contribution in [3.8, 4) is 11.5 Å². The molecule has 0 aliphatic rings. The number of carbonyl (C=O) groups excluding carboxylic acids is 1. The number of hydrogen-bond acceptors (Lipinski definition) is 6. The summed E-state index contributed by atoms with van der Waals surface area (Å²) in [4.78, 5) is 17.3. The van der Waals surface area contributed by atoms with Gasteiger partial charge in [0.05, 0.1) is 19.0 Å². The molecule has 0 saturated carbocycles. The number of amides is 1. The van der Waals surface area contributed by atoms with E-state index in [1.165, 1.54) is 24.7 Å². The van der Waals surface area contributed by atoms with Gasteiger partial charge in [0.25, 0.3) is 5.91 Å². The highest BCUT2D eigenvalue weighted by Gasteiger charge is 2.16. The number of nitrogens with one attached hydrogen (secondary N) is 1. The zero-order valence-electron chi connectivity index (χ0n) is 12.5. The third-order valence-corrected chi connectivity index (χ3v) is 4.03. The molecule has 0 atom stereocenters. The zero-order valence-corrected chi connectivity index (χ0v) is 13.3. The van der Waals surface area contributed by atoms with Gasteiger partial charge in [0.1, 0.15) is 5.69 Å². The number of rotatable bonds is 4. The Morgan fingerprint density at radius 3 is 3.13 bits per heavy atom. The fraction of sp³-hybridized carbons (Fsp3) is 0.133. The quantitative estimate of drug-likeness (QED) is 0.567. The average Bonchev–Trinajstić information content (AvgIpc) is 3.08. The largest absolute Gasteiger partial charge is 0.504 e. The maximum atomic E-state index is 12.3. The van der Waals surface area contributed by atoms with Gasteiger partial charge >= 0.3 is 0 Å². The van der Waals surface area contributed by atoms with Crippen molar-refractivity contribution in [1.82, 2.24) is 14.8 Å². The highest BCUT2D eigenvalue weighted by molar-refractivity contribution is 7.15. The van der Waals surface area contributed by atoms with E-state index in [-0.39, 0.29) is 11.7 Å². The Kier molecular flexibility index (Phi) is 3.98. The number of imidazole rings is 1. The number of hydrogen-bond donors (Lipinski definition) is 2. The number of methoxy groups -OCH3 is 1. The molecule has 0 spiro atoms. The minimum Gasteiger partial charge on any atom is -0.504 e.